The van der Waals surface area contributed by atoms with Crippen molar-refractivity contribution < 1.29 is 17.4 Å². The molecule has 0 radical (unpaired) electrons. The maximum atomic E-state index is 12.5. The van der Waals surface area contributed by atoms with E-state index in [2.05, 4.69) is 15.2 Å². The average Bonchev–Trinajstić information content (AvgIpc) is 3.02. The van der Waals surface area contributed by atoms with Gasteiger partial charge < -0.3 is 14.3 Å². The molecular weight excluding hydrogens is 294 g/mol. The molecule has 0 saturated heterocycles. The zero-order chi connectivity index (χ0) is 15.5. The number of furan rings is 1. The fraction of sp³-hybridized carbons (Fsp3) is 0.462. The summed E-state index contributed by atoms with van der Waals surface area (Å²) >= 11 is 0. The van der Waals surface area contributed by atoms with Crippen LogP contribution in [0.3, 0.4) is 0 Å². The second-order valence-electron chi connectivity index (χ2n) is 4.61. The molecule has 0 amide bonds. The molecular formula is C13H19N3O4S. The number of aryl methyl sites for hydroxylation is 2. The third-order valence-electron chi connectivity index (χ3n) is 3.07. The van der Waals surface area contributed by atoms with Gasteiger partial charge in [0.15, 0.2) is 5.76 Å². The number of rotatable bonds is 7. The lowest BCUT2D eigenvalue weighted by molar-refractivity contribution is 0.380. The average molecular weight is 313 g/mol. The van der Waals surface area contributed by atoms with Crippen LogP contribution in [0.15, 0.2) is 26.1 Å². The van der Waals surface area contributed by atoms with Crippen molar-refractivity contribution in [1.29, 1.82) is 0 Å². The van der Waals surface area contributed by atoms with Crippen molar-refractivity contribution in [2.45, 2.75) is 38.8 Å². The highest BCUT2D eigenvalue weighted by Gasteiger charge is 2.26. The van der Waals surface area contributed by atoms with Crippen LogP contribution in [0.2, 0.25) is 0 Å². The highest BCUT2D eigenvalue weighted by atomic mass is 32.2. The highest BCUT2D eigenvalue weighted by molar-refractivity contribution is 7.89. The van der Waals surface area contributed by atoms with E-state index in [-0.39, 0.29) is 11.4 Å². The first-order valence-corrected chi connectivity index (χ1v) is 8.12. The second-order valence-corrected chi connectivity index (χ2v) is 6.31. The third-order valence-corrected chi connectivity index (χ3v) is 4.67. The van der Waals surface area contributed by atoms with Gasteiger partial charge in [-0.25, -0.2) is 13.1 Å². The van der Waals surface area contributed by atoms with Crippen molar-refractivity contribution >= 4 is 10.0 Å². The van der Waals surface area contributed by atoms with Crippen molar-refractivity contribution in [3.05, 3.63) is 35.1 Å². The normalized spacial score (nSPS) is 12.0. The van der Waals surface area contributed by atoms with E-state index in [9.17, 15) is 8.42 Å². The summed E-state index contributed by atoms with van der Waals surface area (Å²) in [6, 6.07) is 1.61. The van der Waals surface area contributed by atoms with Gasteiger partial charge in [-0.2, -0.15) is 0 Å². The number of hydrogen-bond donors (Lipinski definition) is 2. The molecule has 0 aliphatic rings. The fourth-order valence-corrected chi connectivity index (χ4v) is 3.52. The molecule has 0 saturated carbocycles. The van der Waals surface area contributed by atoms with E-state index in [0.717, 1.165) is 6.54 Å². The zero-order valence-corrected chi connectivity index (χ0v) is 13.1. The lowest BCUT2D eigenvalue weighted by atomic mass is 10.2. The van der Waals surface area contributed by atoms with Crippen LogP contribution in [0.25, 0.3) is 0 Å². The Hall–Kier alpha value is -1.64. The highest BCUT2D eigenvalue weighted by Crippen LogP contribution is 2.26. The van der Waals surface area contributed by atoms with Gasteiger partial charge in [0.05, 0.1) is 12.7 Å². The van der Waals surface area contributed by atoms with E-state index in [0.29, 0.717) is 29.4 Å². The van der Waals surface area contributed by atoms with Crippen LogP contribution in [0.5, 0.6) is 0 Å². The predicted molar refractivity (Wildman–Crippen MR) is 76.1 cm³/mol. The molecule has 8 heteroatoms. The third kappa shape index (κ3) is 3.52. The zero-order valence-electron chi connectivity index (χ0n) is 12.3. The Morgan fingerprint density at radius 1 is 1.24 bits per heavy atom. The minimum absolute atomic E-state index is 0.0483. The number of aromatic nitrogens is 1. The van der Waals surface area contributed by atoms with Crippen molar-refractivity contribution in [2.24, 2.45) is 0 Å². The monoisotopic (exact) mass is 313 g/mol. The lowest BCUT2D eigenvalue weighted by Crippen LogP contribution is -2.25. The predicted octanol–water partition coefficient (Wildman–Crippen LogP) is 1.47. The van der Waals surface area contributed by atoms with E-state index in [1.54, 1.807) is 19.9 Å². The standard InChI is InChI=1S/C13H19N3O4S/c1-4-14-8-12-9(2)19-10(3)13(12)21(17,18)16-7-11-5-6-15-20-11/h5-6,14,16H,4,7-8H2,1-3H3. The summed E-state index contributed by atoms with van der Waals surface area (Å²) in [6.45, 7) is 6.60. The molecule has 0 unspecified atom stereocenters. The Balaban J connectivity index is 2.26. The van der Waals surface area contributed by atoms with Crippen LogP contribution in [-0.4, -0.2) is 20.1 Å². The van der Waals surface area contributed by atoms with Gasteiger partial charge >= 0.3 is 0 Å². The van der Waals surface area contributed by atoms with Crippen LogP contribution >= 0.6 is 0 Å². The second kappa shape index (κ2) is 6.42. The Labute approximate surface area is 123 Å². The molecule has 0 aliphatic heterocycles. The maximum absolute atomic E-state index is 12.5. The van der Waals surface area contributed by atoms with Crippen LogP contribution in [0.1, 0.15) is 29.8 Å². The summed E-state index contributed by atoms with van der Waals surface area (Å²) in [7, 11) is -3.68. The fourth-order valence-electron chi connectivity index (χ4n) is 2.09. The van der Waals surface area contributed by atoms with Gasteiger partial charge in [-0.3, -0.25) is 0 Å². The smallest absolute Gasteiger partial charge is 0.244 e. The lowest BCUT2D eigenvalue weighted by Gasteiger charge is -2.08. The molecule has 0 aromatic carbocycles. The molecule has 0 atom stereocenters. The number of sulfonamides is 1. The number of nitrogens with one attached hydrogen (secondary N) is 2. The molecule has 0 spiro atoms. The van der Waals surface area contributed by atoms with E-state index in [1.807, 2.05) is 6.92 Å². The number of hydrogen-bond acceptors (Lipinski definition) is 6. The van der Waals surface area contributed by atoms with Crippen molar-refractivity contribution in [3.63, 3.8) is 0 Å². The largest absolute Gasteiger partial charge is 0.465 e. The van der Waals surface area contributed by atoms with Gasteiger partial charge in [0, 0.05) is 18.2 Å². The molecule has 0 bridgehead atoms. The summed E-state index contributed by atoms with van der Waals surface area (Å²) in [4.78, 5) is 0.195. The maximum Gasteiger partial charge on any atom is 0.244 e. The van der Waals surface area contributed by atoms with Gasteiger partial charge in [-0.15, -0.1) is 0 Å². The Kier molecular flexibility index (Phi) is 4.81. The Bertz CT molecular complexity index is 689. The molecule has 0 fully saturated rings. The quantitative estimate of drug-likeness (QED) is 0.803. The van der Waals surface area contributed by atoms with E-state index in [4.69, 9.17) is 8.94 Å². The van der Waals surface area contributed by atoms with Gasteiger partial charge in [-0.05, 0) is 20.4 Å². The van der Waals surface area contributed by atoms with Gasteiger partial charge in [0.25, 0.3) is 0 Å². The van der Waals surface area contributed by atoms with E-state index in [1.165, 1.54) is 6.20 Å². The van der Waals surface area contributed by atoms with Crippen LogP contribution < -0.4 is 10.0 Å². The first-order chi connectivity index (χ1) is 9.95. The van der Waals surface area contributed by atoms with E-state index < -0.39 is 10.0 Å². The van der Waals surface area contributed by atoms with Crippen molar-refractivity contribution in [1.82, 2.24) is 15.2 Å². The molecule has 2 aromatic rings. The minimum atomic E-state index is -3.68. The van der Waals surface area contributed by atoms with Gasteiger partial charge in [0.2, 0.25) is 10.0 Å². The summed E-state index contributed by atoms with van der Waals surface area (Å²) in [5.41, 5.74) is 0.652. The van der Waals surface area contributed by atoms with Crippen LogP contribution in [-0.2, 0) is 23.1 Å². The van der Waals surface area contributed by atoms with E-state index >= 15 is 0 Å². The number of nitrogens with zero attached hydrogens (tertiary/aromatic N) is 1. The summed E-state index contributed by atoms with van der Waals surface area (Å²) in [6.07, 6.45) is 1.47. The van der Waals surface area contributed by atoms with Gasteiger partial charge in [-0.1, -0.05) is 12.1 Å². The van der Waals surface area contributed by atoms with Crippen molar-refractivity contribution in [2.75, 3.05) is 6.54 Å². The van der Waals surface area contributed by atoms with Gasteiger partial charge in [0.1, 0.15) is 16.4 Å². The summed E-state index contributed by atoms with van der Waals surface area (Å²) in [5, 5.41) is 6.66. The van der Waals surface area contributed by atoms with Crippen LogP contribution in [0, 0.1) is 13.8 Å². The SMILES string of the molecule is CCNCc1c(C)oc(C)c1S(=O)(=O)NCc1ccno1. The Morgan fingerprint density at radius 3 is 2.62 bits per heavy atom. The minimum Gasteiger partial charge on any atom is -0.465 e. The topological polar surface area (TPSA) is 97.4 Å². The molecule has 2 N–H and O–H groups in total. The molecule has 7 nitrogen and oxygen atoms in total. The van der Waals surface area contributed by atoms with Crippen LogP contribution in [0.4, 0.5) is 0 Å². The molecule has 2 aromatic heterocycles. The molecule has 2 heterocycles. The summed E-state index contributed by atoms with van der Waals surface area (Å²) in [5.74, 6) is 1.43. The Morgan fingerprint density at radius 2 is 2.00 bits per heavy atom. The molecule has 21 heavy (non-hydrogen) atoms. The first kappa shape index (κ1) is 15.7. The molecule has 0 aliphatic carbocycles. The molecule has 2 rings (SSSR count). The first-order valence-electron chi connectivity index (χ1n) is 6.64. The molecule has 116 valence electrons. The summed E-state index contributed by atoms with van der Waals surface area (Å²) < 4.78 is 37.8. The van der Waals surface area contributed by atoms with Crippen molar-refractivity contribution in [3.8, 4) is 0 Å².